The van der Waals surface area contributed by atoms with Crippen LogP contribution in [0.5, 0.6) is 0 Å². The Labute approximate surface area is 126 Å². The summed E-state index contributed by atoms with van der Waals surface area (Å²) in [6.07, 6.45) is 7.69. The lowest BCUT2D eigenvalue weighted by atomic mass is 10.1. The number of carbonyl (C=O) groups is 1. The number of hydrogen-bond acceptors (Lipinski definition) is 5. The normalized spacial score (nSPS) is 10.5. The van der Waals surface area contributed by atoms with Gasteiger partial charge in [-0.15, -0.1) is 5.10 Å². The molecule has 0 unspecified atom stereocenters. The SMILES string of the molecule is O=C(NCCCn1ccnc1)c1ccccc1-n1cnnn1. The summed E-state index contributed by atoms with van der Waals surface area (Å²) in [5.74, 6) is -0.142. The number of para-hydroxylation sites is 1. The first-order valence-corrected chi connectivity index (χ1v) is 6.91. The van der Waals surface area contributed by atoms with E-state index in [0.717, 1.165) is 13.0 Å². The largest absolute Gasteiger partial charge is 0.352 e. The maximum atomic E-state index is 12.3. The van der Waals surface area contributed by atoms with Crippen molar-refractivity contribution in [2.24, 2.45) is 0 Å². The van der Waals surface area contributed by atoms with Crippen LogP contribution in [-0.4, -0.2) is 42.2 Å². The molecule has 1 amide bonds. The Balaban J connectivity index is 1.60. The minimum Gasteiger partial charge on any atom is -0.352 e. The van der Waals surface area contributed by atoms with E-state index in [9.17, 15) is 4.79 Å². The third kappa shape index (κ3) is 3.17. The van der Waals surface area contributed by atoms with Gasteiger partial charge >= 0.3 is 0 Å². The summed E-state index contributed by atoms with van der Waals surface area (Å²) >= 11 is 0. The Morgan fingerprint density at radius 2 is 2.14 bits per heavy atom. The van der Waals surface area contributed by atoms with Crippen molar-refractivity contribution < 1.29 is 4.79 Å². The van der Waals surface area contributed by atoms with E-state index < -0.39 is 0 Å². The highest BCUT2D eigenvalue weighted by molar-refractivity contribution is 5.97. The molecule has 0 aliphatic heterocycles. The van der Waals surface area contributed by atoms with Crippen molar-refractivity contribution in [1.29, 1.82) is 0 Å². The summed E-state index contributed by atoms with van der Waals surface area (Å²) in [6, 6.07) is 7.21. The summed E-state index contributed by atoms with van der Waals surface area (Å²) in [5, 5.41) is 13.9. The van der Waals surface area contributed by atoms with E-state index in [2.05, 4.69) is 25.8 Å². The average Bonchev–Trinajstić information content (AvgIpc) is 3.24. The molecule has 0 saturated carbocycles. The molecule has 0 saturated heterocycles. The lowest BCUT2D eigenvalue weighted by Crippen LogP contribution is -2.26. The Hall–Kier alpha value is -3.03. The number of carbonyl (C=O) groups excluding carboxylic acids is 1. The van der Waals surface area contributed by atoms with Crippen LogP contribution in [0.3, 0.4) is 0 Å². The van der Waals surface area contributed by atoms with Crippen LogP contribution in [0.4, 0.5) is 0 Å². The molecule has 8 heteroatoms. The van der Waals surface area contributed by atoms with E-state index in [-0.39, 0.29) is 5.91 Å². The Kier molecular flexibility index (Phi) is 4.19. The maximum absolute atomic E-state index is 12.3. The smallest absolute Gasteiger partial charge is 0.253 e. The summed E-state index contributed by atoms with van der Waals surface area (Å²) in [4.78, 5) is 16.3. The van der Waals surface area contributed by atoms with Gasteiger partial charge in [-0.05, 0) is 29.0 Å². The predicted octanol–water partition coefficient (Wildman–Crippen LogP) is 0.679. The molecule has 0 spiro atoms. The molecule has 0 aliphatic carbocycles. The van der Waals surface area contributed by atoms with E-state index in [4.69, 9.17) is 0 Å². The van der Waals surface area contributed by atoms with Crippen LogP contribution in [-0.2, 0) is 6.54 Å². The number of aromatic nitrogens is 6. The topological polar surface area (TPSA) is 90.5 Å². The predicted molar refractivity (Wildman–Crippen MR) is 78.3 cm³/mol. The quantitative estimate of drug-likeness (QED) is 0.676. The standard InChI is InChI=1S/C14H15N7O/c22-14(16-6-3-8-20-9-7-15-10-20)12-4-1-2-5-13(12)21-11-17-18-19-21/h1-2,4-5,7,9-11H,3,6,8H2,(H,16,22). The highest BCUT2D eigenvalue weighted by atomic mass is 16.1. The van der Waals surface area contributed by atoms with Crippen LogP contribution >= 0.6 is 0 Å². The minimum atomic E-state index is -0.142. The molecule has 112 valence electrons. The van der Waals surface area contributed by atoms with Gasteiger partial charge in [-0.25, -0.2) is 4.98 Å². The molecule has 22 heavy (non-hydrogen) atoms. The number of hydrogen-bond donors (Lipinski definition) is 1. The van der Waals surface area contributed by atoms with E-state index >= 15 is 0 Å². The maximum Gasteiger partial charge on any atom is 0.253 e. The van der Waals surface area contributed by atoms with Gasteiger partial charge in [0.2, 0.25) is 0 Å². The molecule has 0 fully saturated rings. The number of tetrazole rings is 1. The minimum absolute atomic E-state index is 0.142. The van der Waals surface area contributed by atoms with Crippen molar-refractivity contribution in [1.82, 2.24) is 35.1 Å². The van der Waals surface area contributed by atoms with Gasteiger partial charge in [-0.1, -0.05) is 12.1 Å². The molecule has 8 nitrogen and oxygen atoms in total. The lowest BCUT2D eigenvalue weighted by molar-refractivity contribution is 0.0952. The van der Waals surface area contributed by atoms with Gasteiger partial charge in [0.25, 0.3) is 5.91 Å². The number of rotatable bonds is 6. The zero-order chi connectivity index (χ0) is 15.2. The number of nitrogens with zero attached hydrogens (tertiary/aromatic N) is 6. The van der Waals surface area contributed by atoms with Gasteiger partial charge in [0.05, 0.1) is 17.6 Å². The second-order valence-electron chi connectivity index (χ2n) is 4.68. The van der Waals surface area contributed by atoms with Crippen LogP contribution in [0.2, 0.25) is 0 Å². The molecule has 2 aromatic heterocycles. The third-order valence-electron chi connectivity index (χ3n) is 3.18. The summed E-state index contributed by atoms with van der Waals surface area (Å²) in [6.45, 7) is 1.40. The Morgan fingerprint density at radius 1 is 1.23 bits per heavy atom. The zero-order valence-corrected chi connectivity index (χ0v) is 11.8. The van der Waals surface area contributed by atoms with Gasteiger partial charge in [-0.3, -0.25) is 4.79 Å². The Morgan fingerprint density at radius 3 is 2.91 bits per heavy atom. The number of amides is 1. The molecule has 2 heterocycles. The molecule has 1 N–H and O–H groups in total. The van der Waals surface area contributed by atoms with Crippen LogP contribution < -0.4 is 5.32 Å². The highest BCUT2D eigenvalue weighted by Gasteiger charge is 2.12. The molecule has 0 atom stereocenters. The van der Waals surface area contributed by atoms with Crippen molar-refractivity contribution in [3.05, 3.63) is 54.9 Å². The number of benzene rings is 1. The van der Waals surface area contributed by atoms with Gasteiger partial charge in [-0.2, -0.15) is 4.68 Å². The van der Waals surface area contributed by atoms with Crippen molar-refractivity contribution >= 4 is 5.91 Å². The van der Waals surface area contributed by atoms with E-state index in [1.54, 1.807) is 24.7 Å². The van der Waals surface area contributed by atoms with Crippen molar-refractivity contribution in [3.8, 4) is 5.69 Å². The number of imidazole rings is 1. The second-order valence-corrected chi connectivity index (χ2v) is 4.68. The molecular weight excluding hydrogens is 282 g/mol. The summed E-state index contributed by atoms with van der Waals surface area (Å²) < 4.78 is 3.45. The van der Waals surface area contributed by atoms with Crippen molar-refractivity contribution in [3.63, 3.8) is 0 Å². The first-order valence-electron chi connectivity index (χ1n) is 6.91. The van der Waals surface area contributed by atoms with Crippen LogP contribution in [0, 0.1) is 0 Å². The third-order valence-corrected chi connectivity index (χ3v) is 3.18. The molecule has 3 aromatic rings. The van der Waals surface area contributed by atoms with Crippen LogP contribution in [0.1, 0.15) is 16.8 Å². The van der Waals surface area contributed by atoms with Crippen LogP contribution in [0.25, 0.3) is 5.69 Å². The van der Waals surface area contributed by atoms with Crippen molar-refractivity contribution in [2.45, 2.75) is 13.0 Å². The molecule has 0 bridgehead atoms. The lowest BCUT2D eigenvalue weighted by Gasteiger charge is -2.09. The molecule has 0 aliphatic rings. The second kappa shape index (κ2) is 6.61. The highest BCUT2D eigenvalue weighted by Crippen LogP contribution is 2.12. The van der Waals surface area contributed by atoms with E-state index in [1.165, 1.54) is 11.0 Å². The number of aryl methyl sites for hydroxylation is 1. The van der Waals surface area contributed by atoms with Gasteiger partial charge in [0, 0.05) is 25.5 Å². The fourth-order valence-corrected chi connectivity index (χ4v) is 2.11. The van der Waals surface area contributed by atoms with Gasteiger partial charge < -0.3 is 9.88 Å². The van der Waals surface area contributed by atoms with Gasteiger partial charge in [0.1, 0.15) is 6.33 Å². The molecule has 3 rings (SSSR count). The van der Waals surface area contributed by atoms with Crippen molar-refractivity contribution in [2.75, 3.05) is 6.54 Å². The fraction of sp³-hybridized carbons (Fsp3) is 0.214. The van der Waals surface area contributed by atoms with E-state index in [1.807, 2.05) is 22.9 Å². The van der Waals surface area contributed by atoms with E-state index in [0.29, 0.717) is 17.8 Å². The average molecular weight is 297 g/mol. The summed E-state index contributed by atoms with van der Waals surface area (Å²) in [7, 11) is 0. The number of nitrogens with one attached hydrogen (secondary N) is 1. The van der Waals surface area contributed by atoms with Crippen LogP contribution in [0.15, 0.2) is 49.3 Å². The first-order chi connectivity index (χ1) is 10.8. The van der Waals surface area contributed by atoms with Gasteiger partial charge in [0.15, 0.2) is 0 Å². The Bertz CT molecular complexity index is 722. The molecule has 1 aromatic carbocycles. The molecular formula is C14H15N7O. The monoisotopic (exact) mass is 297 g/mol. The first kappa shape index (κ1) is 13.9. The zero-order valence-electron chi connectivity index (χ0n) is 11.8. The molecule has 0 radical (unpaired) electrons. The summed E-state index contributed by atoms with van der Waals surface area (Å²) in [5.41, 5.74) is 1.19. The fourth-order valence-electron chi connectivity index (χ4n) is 2.11.